The minimum atomic E-state index is 0.444. The summed E-state index contributed by atoms with van der Waals surface area (Å²) < 4.78 is 1.02. The van der Waals surface area contributed by atoms with Gasteiger partial charge < -0.3 is 5.32 Å². The van der Waals surface area contributed by atoms with Crippen LogP contribution in [0.2, 0.25) is 5.02 Å². The summed E-state index contributed by atoms with van der Waals surface area (Å²) in [6, 6.07) is 15.3. The smallest absolute Gasteiger partial charge is 0.0462 e. The normalized spacial score (nSPS) is 17.8. The highest BCUT2D eigenvalue weighted by Gasteiger charge is 2.19. The second kappa shape index (κ2) is 6.30. The van der Waals surface area contributed by atoms with Crippen LogP contribution in [-0.2, 0) is 13.0 Å². The zero-order valence-corrected chi connectivity index (χ0v) is 13.5. The zero-order valence-electron chi connectivity index (χ0n) is 11.2. The van der Waals surface area contributed by atoms with E-state index in [1.54, 1.807) is 0 Å². The van der Waals surface area contributed by atoms with E-state index < -0.39 is 0 Å². The number of hydrogen-bond acceptors (Lipinski definition) is 1. The third-order valence-corrected chi connectivity index (χ3v) is 4.77. The minimum Gasteiger partial charge on any atom is -0.306 e. The first-order chi connectivity index (χ1) is 9.74. The number of nitrogens with one attached hydrogen (secondary N) is 1. The molecular formula is C17H17BrClN. The molecule has 1 nitrogen and oxygen atoms in total. The predicted octanol–water partition coefficient (Wildman–Crippen LogP) is 5.27. The fraction of sp³-hybridized carbons (Fsp3) is 0.294. The van der Waals surface area contributed by atoms with Gasteiger partial charge in [0.2, 0.25) is 0 Å². The van der Waals surface area contributed by atoms with Crippen molar-refractivity contribution in [1.29, 1.82) is 0 Å². The van der Waals surface area contributed by atoms with Crippen molar-refractivity contribution < 1.29 is 0 Å². The topological polar surface area (TPSA) is 12.0 Å². The number of benzene rings is 2. The molecule has 2 aromatic rings. The van der Waals surface area contributed by atoms with E-state index in [4.69, 9.17) is 11.6 Å². The van der Waals surface area contributed by atoms with E-state index in [1.807, 2.05) is 12.1 Å². The Hall–Kier alpha value is -0.830. The summed E-state index contributed by atoms with van der Waals surface area (Å²) >= 11 is 9.72. The van der Waals surface area contributed by atoms with Gasteiger partial charge in [0.1, 0.15) is 0 Å². The zero-order chi connectivity index (χ0) is 13.9. The monoisotopic (exact) mass is 349 g/mol. The summed E-state index contributed by atoms with van der Waals surface area (Å²) in [4.78, 5) is 0. The van der Waals surface area contributed by atoms with Gasteiger partial charge in [0.15, 0.2) is 0 Å². The molecule has 0 aliphatic heterocycles. The molecule has 0 heterocycles. The molecule has 1 aliphatic carbocycles. The summed E-state index contributed by atoms with van der Waals surface area (Å²) in [7, 11) is 0. The molecule has 2 aromatic carbocycles. The molecule has 0 bridgehead atoms. The number of rotatable bonds is 3. The van der Waals surface area contributed by atoms with Crippen molar-refractivity contribution in [3.63, 3.8) is 0 Å². The van der Waals surface area contributed by atoms with Crippen LogP contribution in [0, 0.1) is 0 Å². The third kappa shape index (κ3) is 3.08. The molecule has 0 spiro atoms. The Morgan fingerprint density at radius 3 is 2.90 bits per heavy atom. The molecule has 1 aliphatic rings. The lowest BCUT2D eigenvalue weighted by Crippen LogP contribution is -2.24. The van der Waals surface area contributed by atoms with Crippen LogP contribution in [0.5, 0.6) is 0 Å². The van der Waals surface area contributed by atoms with E-state index in [-0.39, 0.29) is 0 Å². The van der Waals surface area contributed by atoms with Crippen molar-refractivity contribution in [1.82, 2.24) is 5.32 Å². The van der Waals surface area contributed by atoms with Gasteiger partial charge in [0.05, 0.1) is 0 Å². The van der Waals surface area contributed by atoms with Gasteiger partial charge in [0, 0.05) is 22.1 Å². The number of halogens is 2. The maximum absolute atomic E-state index is 6.28. The molecule has 3 heteroatoms. The molecule has 1 unspecified atom stereocenters. The molecule has 104 valence electrons. The van der Waals surface area contributed by atoms with Gasteiger partial charge >= 0.3 is 0 Å². The summed E-state index contributed by atoms with van der Waals surface area (Å²) in [5.41, 5.74) is 4.09. The van der Waals surface area contributed by atoms with Crippen molar-refractivity contribution in [2.75, 3.05) is 0 Å². The largest absolute Gasteiger partial charge is 0.306 e. The molecule has 0 radical (unpaired) electrons. The first-order valence-corrected chi connectivity index (χ1v) is 8.16. The second-order valence-corrected chi connectivity index (χ2v) is 6.58. The van der Waals surface area contributed by atoms with E-state index in [0.717, 1.165) is 21.6 Å². The number of hydrogen-bond donors (Lipinski definition) is 1. The summed E-state index contributed by atoms with van der Waals surface area (Å²) in [5.74, 6) is 0. The molecule has 0 fully saturated rings. The van der Waals surface area contributed by atoms with Crippen LogP contribution >= 0.6 is 27.5 Å². The van der Waals surface area contributed by atoms with Gasteiger partial charge in [-0.3, -0.25) is 0 Å². The van der Waals surface area contributed by atoms with Gasteiger partial charge in [-0.1, -0.05) is 57.9 Å². The highest BCUT2D eigenvalue weighted by Crippen LogP contribution is 2.30. The Balaban J connectivity index is 1.73. The fourth-order valence-electron chi connectivity index (χ4n) is 2.86. The van der Waals surface area contributed by atoms with Crippen LogP contribution in [0.1, 0.15) is 35.6 Å². The Morgan fingerprint density at radius 1 is 1.20 bits per heavy atom. The number of aryl methyl sites for hydroxylation is 1. The summed E-state index contributed by atoms with van der Waals surface area (Å²) in [6.45, 7) is 0.811. The molecule has 3 rings (SSSR count). The standard InChI is InChI=1S/C17H17BrClN/c18-14-9-8-13(16(19)10-14)11-20-17-7-3-5-12-4-1-2-6-15(12)17/h1-2,4,6,8-10,17,20H,3,5,7,11H2. The highest BCUT2D eigenvalue weighted by molar-refractivity contribution is 9.10. The first kappa shape index (κ1) is 14.1. The third-order valence-electron chi connectivity index (χ3n) is 3.92. The molecule has 1 atom stereocenters. The summed E-state index contributed by atoms with van der Waals surface area (Å²) in [5, 5.41) is 4.47. The predicted molar refractivity (Wildman–Crippen MR) is 88.1 cm³/mol. The number of fused-ring (bicyclic) bond motifs is 1. The van der Waals surface area contributed by atoms with E-state index in [2.05, 4.69) is 51.6 Å². The molecule has 20 heavy (non-hydrogen) atoms. The van der Waals surface area contributed by atoms with Crippen molar-refractivity contribution >= 4 is 27.5 Å². The molecule has 0 saturated heterocycles. The van der Waals surface area contributed by atoms with E-state index in [1.165, 1.54) is 30.4 Å². The van der Waals surface area contributed by atoms with Crippen LogP contribution in [0.4, 0.5) is 0 Å². The molecule has 0 saturated carbocycles. The van der Waals surface area contributed by atoms with E-state index in [0.29, 0.717) is 6.04 Å². The van der Waals surface area contributed by atoms with Crippen molar-refractivity contribution in [2.24, 2.45) is 0 Å². The van der Waals surface area contributed by atoms with Gasteiger partial charge in [-0.15, -0.1) is 0 Å². The Morgan fingerprint density at radius 2 is 2.05 bits per heavy atom. The Labute approximate surface area is 133 Å². The molecule has 0 amide bonds. The summed E-state index contributed by atoms with van der Waals surface area (Å²) in [6.07, 6.45) is 3.65. The van der Waals surface area contributed by atoms with Gasteiger partial charge in [-0.2, -0.15) is 0 Å². The highest BCUT2D eigenvalue weighted by atomic mass is 79.9. The van der Waals surface area contributed by atoms with Crippen molar-refractivity contribution in [3.8, 4) is 0 Å². The fourth-order valence-corrected chi connectivity index (χ4v) is 3.60. The Bertz CT molecular complexity index is 612. The average Bonchev–Trinajstić information content (AvgIpc) is 2.46. The quantitative estimate of drug-likeness (QED) is 0.795. The van der Waals surface area contributed by atoms with E-state index in [9.17, 15) is 0 Å². The lowest BCUT2D eigenvalue weighted by atomic mass is 9.87. The van der Waals surface area contributed by atoms with Crippen LogP contribution in [0.3, 0.4) is 0 Å². The molecular weight excluding hydrogens is 334 g/mol. The lowest BCUT2D eigenvalue weighted by molar-refractivity contribution is 0.459. The second-order valence-electron chi connectivity index (χ2n) is 5.26. The van der Waals surface area contributed by atoms with Crippen LogP contribution in [0.25, 0.3) is 0 Å². The van der Waals surface area contributed by atoms with Gasteiger partial charge in [-0.25, -0.2) is 0 Å². The molecule has 0 aromatic heterocycles. The minimum absolute atomic E-state index is 0.444. The van der Waals surface area contributed by atoms with Crippen LogP contribution in [-0.4, -0.2) is 0 Å². The lowest BCUT2D eigenvalue weighted by Gasteiger charge is -2.26. The Kier molecular flexibility index (Phi) is 4.45. The van der Waals surface area contributed by atoms with E-state index >= 15 is 0 Å². The van der Waals surface area contributed by atoms with Crippen LogP contribution in [0.15, 0.2) is 46.9 Å². The van der Waals surface area contributed by atoms with Crippen LogP contribution < -0.4 is 5.32 Å². The van der Waals surface area contributed by atoms with Gasteiger partial charge in [0.25, 0.3) is 0 Å². The molecule has 1 N–H and O–H groups in total. The maximum atomic E-state index is 6.28. The average molecular weight is 351 g/mol. The van der Waals surface area contributed by atoms with Gasteiger partial charge in [-0.05, 0) is 48.1 Å². The SMILES string of the molecule is Clc1cc(Br)ccc1CNC1CCCc2ccccc21. The first-order valence-electron chi connectivity index (χ1n) is 6.99. The maximum Gasteiger partial charge on any atom is 0.0462 e. The van der Waals surface area contributed by atoms with Crippen molar-refractivity contribution in [2.45, 2.75) is 31.8 Å². The van der Waals surface area contributed by atoms with Crippen molar-refractivity contribution in [3.05, 3.63) is 68.7 Å².